The Balaban J connectivity index is 2.49. The Bertz CT molecular complexity index is 620. The van der Waals surface area contributed by atoms with Crippen LogP contribution in [0.2, 0.25) is 0 Å². The lowest BCUT2D eigenvalue weighted by atomic mass is 9.76. The Morgan fingerprint density at radius 1 is 0.609 bits per heavy atom. The molecule has 4 heteroatoms. The molecule has 0 bridgehead atoms. The van der Waals surface area contributed by atoms with E-state index in [0.717, 1.165) is 23.0 Å². The molecular formula is C19H24S4. The first kappa shape index (κ1) is 19.2. The second kappa shape index (κ2) is 8.28. The molecule has 2 rings (SSSR count). The predicted molar refractivity (Wildman–Crippen MR) is 116 cm³/mol. The van der Waals surface area contributed by atoms with E-state index in [1.807, 2.05) is 0 Å². The minimum absolute atomic E-state index is 0.0698. The van der Waals surface area contributed by atoms with Crippen molar-refractivity contribution in [3.05, 3.63) is 69.8 Å². The second-order valence-corrected chi connectivity index (χ2v) is 7.49. The van der Waals surface area contributed by atoms with Crippen molar-refractivity contribution >= 4 is 50.5 Å². The summed E-state index contributed by atoms with van der Waals surface area (Å²) in [6.07, 6.45) is 0. The molecule has 23 heavy (non-hydrogen) atoms. The van der Waals surface area contributed by atoms with E-state index >= 15 is 0 Å². The van der Waals surface area contributed by atoms with Gasteiger partial charge in [-0.05, 0) is 33.4 Å². The Morgan fingerprint density at radius 3 is 1.26 bits per heavy atom. The monoisotopic (exact) mass is 380 g/mol. The topological polar surface area (TPSA) is 0 Å². The van der Waals surface area contributed by atoms with Gasteiger partial charge in [-0.2, -0.15) is 50.5 Å². The lowest BCUT2D eigenvalue weighted by molar-refractivity contribution is 0.638. The average molecular weight is 381 g/mol. The van der Waals surface area contributed by atoms with E-state index in [-0.39, 0.29) is 5.41 Å². The second-order valence-electron chi connectivity index (χ2n) is 6.22. The molecule has 124 valence electrons. The molecule has 0 heterocycles. The summed E-state index contributed by atoms with van der Waals surface area (Å²) in [5.74, 6) is 2.97. The zero-order valence-electron chi connectivity index (χ0n) is 13.6. The molecule has 0 fully saturated rings. The normalized spacial score (nSPS) is 11.7. The number of benzene rings is 2. The average Bonchev–Trinajstić information content (AvgIpc) is 2.60. The highest BCUT2D eigenvalue weighted by Gasteiger charge is 2.24. The van der Waals surface area contributed by atoms with Crippen LogP contribution in [-0.4, -0.2) is 0 Å². The minimum Gasteiger partial charge on any atom is -0.175 e. The molecule has 0 unspecified atom stereocenters. The van der Waals surface area contributed by atoms with Gasteiger partial charge >= 0.3 is 0 Å². The van der Waals surface area contributed by atoms with E-state index in [1.54, 1.807) is 0 Å². The largest absolute Gasteiger partial charge is 0.175 e. The number of thiol groups is 4. The van der Waals surface area contributed by atoms with Crippen molar-refractivity contribution in [2.45, 2.75) is 42.3 Å². The quantitative estimate of drug-likeness (QED) is 0.452. The van der Waals surface area contributed by atoms with Crippen LogP contribution in [0.15, 0.2) is 36.4 Å². The summed E-state index contributed by atoms with van der Waals surface area (Å²) >= 11 is 17.8. The molecule has 0 aromatic heterocycles. The number of rotatable bonds is 6. The zero-order chi connectivity index (χ0) is 17.0. The Kier molecular flexibility index (Phi) is 6.90. The molecule has 0 N–H and O–H groups in total. The summed E-state index contributed by atoms with van der Waals surface area (Å²) in [7, 11) is 0. The summed E-state index contributed by atoms with van der Waals surface area (Å²) < 4.78 is 0. The highest BCUT2D eigenvalue weighted by molar-refractivity contribution is 7.80. The van der Waals surface area contributed by atoms with E-state index in [9.17, 15) is 0 Å². The Hall–Kier alpha value is -0.160. The first-order valence-electron chi connectivity index (χ1n) is 7.66. The molecule has 0 aliphatic rings. The van der Waals surface area contributed by atoms with Crippen molar-refractivity contribution in [2.75, 3.05) is 0 Å². The van der Waals surface area contributed by atoms with Gasteiger partial charge in [-0.3, -0.25) is 0 Å². The highest BCUT2D eigenvalue weighted by atomic mass is 32.1. The van der Waals surface area contributed by atoms with Crippen LogP contribution in [0, 0.1) is 0 Å². The van der Waals surface area contributed by atoms with Gasteiger partial charge in [-0.1, -0.05) is 50.2 Å². The van der Waals surface area contributed by atoms with Crippen molar-refractivity contribution in [1.29, 1.82) is 0 Å². The fraction of sp³-hybridized carbons (Fsp3) is 0.368. The van der Waals surface area contributed by atoms with Gasteiger partial charge < -0.3 is 0 Å². The van der Waals surface area contributed by atoms with Crippen molar-refractivity contribution in [3.63, 3.8) is 0 Å². The number of hydrogen-bond acceptors (Lipinski definition) is 4. The van der Waals surface area contributed by atoms with Gasteiger partial charge in [0, 0.05) is 28.4 Å². The standard InChI is InChI=1S/C19H24S4/c1-19(2,17-5-3-13(9-20)15(7-17)11-22)18-6-4-14(10-21)16(8-18)12-23/h3-8,20-23H,9-12H2,1-2H3. The van der Waals surface area contributed by atoms with E-state index in [1.165, 1.54) is 33.4 Å². The van der Waals surface area contributed by atoms with Gasteiger partial charge in [0.15, 0.2) is 0 Å². The predicted octanol–water partition coefficient (Wildman–Crippen LogP) is 5.73. The van der Waals surface area contributed by atoms with Crippen LogP contribution in [0.1, 0.15) is 47.2 Å². The van der Waals surface area contributed by atoms with Crippen LogP contribution in [0.4, 0.5) is 0 Å². The van der Waals surface area contributed by atoms with Gasteiger partial charge in [0.2, 0.25) is 0 Å². The maximum atomic E-state index is 4.47. The van der Waals surface area contributed by atoms with Crippen LogP contribution >= 0.6 is 50.5 Å². The third kappa shape index (κ3) is 4.09. The molecule has 0 spiro atoms. The van der Waals surface area contributed by atoms with E-state index in [2.05, 4.69) is 101 Å². The van der Waals surface area contributed by atoms with Crippen molar-refractivity contribution in [1.82, 2.24) is 0 Å². The van der Waals surface area contributed by atoms with Crippen LogP contribution in [-0.2, 0) is 28.4 Å². The van der Waals surface area contributed by atoms with E-state index in [4.69, 9.17) is 0 Å². The van der Waals surface area contributed by atoms with Gasteiger partial charge in [0.1, 0.15) is 0 Å². The van der Waals surface area contributed by atoms with Crippen LogP contribution in [0.25, 0.3) is 0 Å². The first-order chi connectivity index (χ1) is 11.0. The molecule has 0 amide bonds. The maximum absolute atomic E-state index is 4.47. The lowest BCUT2D eigenvalue weighted by Crippen LogP contribution is -2.20. The van der Waals surface area contributed by atoms with Crippen LogP contribution < -0.4 is 0 Å². The molecular weight excluding hydrogens is 356 g/mol. The van der Waals surface area contributed by atoms with Gasteiger partial charge in [-0.15, -0.1) is 0 Å². The number of hydrogen-bond donors (Lipinski definition) is 4. The van der Waals surface area contributed by atoms with Gasteiger partial charge in [0.05, 0.1) is 0 Å². The maximum Gasteiger partial charge on any atom is 0.0157 e. The fourth-order valence-electron chi connectivity index (χ4n) is 2.80. The van der Waals surface area contributed by atoms with E-state index in [0.29, 0.717) is 0 Å². The SMILES string of the molecule is CC(C)(c1ccc(CS)c(CS)c1)c1ccc(CS)c(CS)c1. The molecule has 0 aliphatic carbocycles. The van der Waals surface area contributed by atoms with Gasteiger partial charge in [-0.25, -0.2) is 0 Å². The van der Waals surface area contributed by atoms with Crippen molar-refractivity contribution < 1.29 is 0 Å². The first-order valence-corrected chi connectivity index (χ1v) is 10.2. The zero-order valence-corrected chi connectivity index (χ0v) is 17.2. The molecule has 2 aromatic rings. The summed E-state index contributed by atoms with van der Waals surface area (Å²) in [6, 6.07) is 13.3. The molecule has 0 aliphatic heterocycles. The third-order valence-electron chi connectivity index (χ3n) is 4.54. The molecule has 0 saturated heterocycles. The van der Waals surface area contributed by atoms with Crippen molar-refractivity contribution in [3.8, 4) is 0 Å². The molecule has 2 aromatic carbocycles. The molecule has 0 radical (unpaired) electrons. The van der Waals surface area contributed by atoms with Gasteiger partial charge in [0.25, 0.3) is 0 Å². The van der Waals surface area contributed by atoms with Crippen LogP contribution in [0.3, 0.4) is 0 Å². The molecule has 0 nitrogen and oxygen atoms in total. The summed E-state index contributed by atoms with van der Waals surface area (Å²) in [4.78, 5) is 0. The Morgan fingerprint density at radius 2 is 0.957 bits per heavy atom. The smallest absolute Gasteiger partial charge is 0.0157 e. The molecule has 0 saturated carbocycles. The summed E-state index contributed by atoms with van der Waals surface area (Å²) in [6.45, 7) is 4.53. The van der Waals surface area contributed by atoms with Crippen LogP contribution in [0.5, 0.6) is 0 Å². The minimum atomic E-state index is -0.0698. The molecule has 0 atom stereocenters. The summed E-state index contributed by atoms with van der Waals surface area (Å²) in [5.41, 5.74) is 7.56. The highest BCUT2D eigenvalue weighted by Crippen LogP contribution is 2.34. The summed E-state index contributed by atoms with van der Waals surface area (Å²) in [5, 5.41) is 0. The lowest BCUT2D eigenvalue weighted by Gasteiger charge is -2.28. The third-order valence-corrected chi connectivity index (χ3v) is 5.90. The van der Waals surface area contributed by atoms with E-state index < -0.39 is 0 Å². The fourth-order valence-corrected chi connectivity index (χ4v) is 4.00. The van der Waals surface area contributed by atoms with Crippen molar-refractivity contribution in [2.24, 2.45) is 0 Å². The Labute approximate surface area is 162 Å².